The van der Waals surface area contributed by atoms with E-state index in [1.54, 1.807) is 19.1 Å². The highest BCUT2D eigenvalue weighted by Crippen LogP contribution is 2.31. The molecule has 2 rings (SSSR count). The van der Waals surface area contributed by atoms with Crippen LogP contribution < -0.4 is 0 Å². The number of hydrogen-bond acceptors (Lipinski definition) is 0. The number of halogens is 4. The molecule has 0 unspecified atom stereocenters. The lowest BCUT2D eigenvalue weighted by molar-refractivity contribution is 0.449. The molecule has 0 atom stereocenters. The van der Waals surface area contributed by atoms with Crippen molar-refractivity contribution in [2.24, 2.45) is 0 Å². The van der Waals surface area contributed by atoms with E-state index < -0.39 is 34.4 Å². The summed E-state index contributed by atoms with van der Waals surface area (Å²) < 4.78 is 54.2. The van der Waals surface area contributed by atoms with E-state index >= 15 is 0 Å². The molecule has 0 aliphatic rings. The summed E-state index contributed by atoms with van der Waals surface area (Å²) in [5.41, 5.74) is -0.336. The summed E-state index contributed by atoms with van der Waals surface area (Å²) in [5.74, 6) is -5.44. The molecule has 0 radical (unpaired) electrons. The first kappa shape index (κ1) is 15.6. The highest BCUT2D eigenvalue weighted by Gasteiger charge is 2.23. The molecule has 102 valence electrons. The minimum absolute atomic E-state index is 0. The van der Waals surface area contributed by atoms with Crippen LogP contribution in [0.25, 0.3) is 11.1 Å². The molecule has 2 aromatic rings. The number of benzene rings is 2. The summed E-state index contributed by atoms with van der Waals surface area (Å²) in [4.78, 5) is 0. The molecule has 5 heteroatoms. The van der Waals surface area contributed by atoms with E-state index in [0.29, 0.717) is 0 Å². The highest BCUT2D eigenvalue weighted by molar-refractivity contribution is 7.59. The molecule has 0 saturated carbocycles. The first-order chi connectivity index (χ1) is 8.43. The third-order valence-electron chi connectivity index (χ3n) is 2.82. The van der Waals surface area contributed by atoms with Crippen LogP contribution in [0, 0.1) is 37.1 Å². The van der Waals surface area contributed by atoms with Crippen LogP contribution in [0.2, 0.25) is 0 Å². The minimum Gasteiger partial charge on any atom is -0.203 e. The quantitative estimate of drug-likeness (QED) is 0.530. The predicted molar refractivity (Wildman–Crippen MR) is 71.6 cm³/mol. The largest absolute Gasteiger partial charge is 0.203 e. The number of rotatable bonds is 1. The van der Waals surface area contributed by atoms with E-state index in [2.05, 4.69) is 0 Å². The Kier molecular flexibility index (Phi) is 4.63. The van der Waals surface area contributed by atoms with Gasteiger partial charge in [0.1, 0.15) is 0 Å². The van der Waals surface area contributed by atoms with Crippen LogP contribution in [-0.4, -0.2) is 0 Å². The second-order valence-electron chi connectivity index (χ2n) is 4.12. The third-order valence-corrected chi connectivity index (χ3v) is 2.82. The van der Waals surface area contributed by atoms with Crippen LogP contribution in [0.15, 0.2) is 24.3 Å². The summed E-state index contributed by atoms with van der Waals surface area (Å²) >= 11 is 0. The van der Waals surface area contributed by atoms with Gasteiger partial charge >= 0.3 is 0 Å². The Morgan fingerprint density at radius 2 is 1.11 bits per heavy atom. The topological polar surface area (TPSA) is 0 Å². The first-order valence-electron chi connectivity index (χ1n) is 5.33. The van der Waals surface area contributed by atoms with Gasteiger partial charge in [-0.25, -0.2) is 17.6 Å². The van der Waals surface area contributed by atoms with Crippen LogP contribution in [0.1, 0.15) is 11.1 Å². The fourth-order valence-corrected chi connectivity index (χ4v) is 1.72. The maximum Gasteiger partial charge on any atom is 0.170 e. The van der Waals surface area contributed by atoms with Crippen LogP contribution in [0.4, 0.5) is 17.6 Å². The smallest absolute Gasteiger partial charge is 0.170 e. The molecular weight excluding hydrogens is 276 g/mol. The maximum atomic E-state index is 13.7. The van der Waals surface area contributed by atoms with Gasteiger partial charge in [-0.1, -0.05) is 29.8 Å². The molecule has 0 aliphatic carbocycles. The van der Waals surface area contributed by atoms with Crippen molar-refractivity contribution in [1.82, 2.24) is 0 Å². The molecule has 0 aliphatic heterocycles. The molecular formula is C14H12F4S. The average molecular weight is 288 g/mol. The minimum atomic E-state index is -1.37. The standard InChI is InChI=1S/C14H10F4.H2S/c1-7-3-5-9(6-4-7)10-13(17)11(15)8(2)12(16)14(10)18;/h3-6H,1-2H3;1H2. The van der Waals surface area contributed by atoms with Crippen LogP contribution >= 0.6 is 13.5 Å². The first-order valence-corrected chi connectivity index (χ1v) is 5.33. The van der Waals surface area contributed by atoms with E-state index in [0.717, 1.165) is 12.5 Å². The Bertz CT molecular complexity index is 577. The van der Waals surface area contributed by atoms with E-state index in [-0.39, 0.29) is 19.1 Å². The maximum absolute atomic E-state index is 13.7. The van der Waals surface area contributed by atoms with Gasteiger partial charge in [0, 0.05) is 5.56 Å². The van der Waals surface area contributed by atoms with E-state index in [1.807, 2.05) is 0 Å². The zero-order chi connectivity index (χ0) is 13.4. The second-order valence-corrected chi connectivity index (χ2v) is 4.12. The normalized spacial score (nSPS) is 10.2. The fourth-order valence-electron chi connectivity index (χ4n) is 1.72. The average Bonchev–Trinajstić information content (AvgIpc) is 2.36. The van der Waals surface area contributed by atoms with Gasteiger partial charge in [-0.3, -0.25) is 0 Å². The van der Waals surface area contributed by atoms with Gasteiger partial charge in [-0.05, 0) is 19.4 Å². The van der Waals surface area contributed by atoms with Crippen molar-refractivity contribution in [3.05, 3.63) is 58.7 Å². The van der Waals surface area contributed by atoms with Gasteiger partial charge in [0.15, 0.2) is 23.3 Å². The van der Waals surface area contributed by atoms with Crippen molar-refractivity contribution in [3.63, 3.8) is 0 Å². The van der Waals surface area contributed by atoms with Gasteiger partial charge in [0.2, 0.25) is 0 Å². The molecule has 0 spiro atoms. The fraction of sp³-hybridized carbons (Fsp3) is 0.143. The Hall–Kier alpha value is -1.49. The third kappa shape index (κ3) is 2.61. The van der Waals surface area contributed by atoms with Crippen molar-refractivity contribution in [2.75, 3.05) is 0 Å². The van der Waals surface area contributed by atoms with Gasteiger partial charge < -0.3 is 0 Å². The van der Waals surface area contributed by atoms with Crippen LogP contribution in [-0.2, 0) is 0 Å². The molecule has 0 amide bonds. The molecule has 0 fully saturated rings. The molecule has 19 heavy (non-hydrogen) atoms. The van der Waals surface area contributed by atoms with Gasteiger partial charge in [-0.15, -0.1) is 0 Å². The Balaban J connectivity index is 0.00000180. The molecule has 0 N–H and O–H groups in total. The highest BCUT2D eigenvalue weighted by atomic mass is 32.1. The zero-order valence-corrected chi connectivity index (χ0v) is 11.3. The number of aryl methyl sites for hydroxylation is 1. The lowest BCUT2D eigenvalue weighted by Crippen LogP contribution is -2.03. The van der Waals surface area contributed by atoms with Gasteiger partial charge in [-0.2, -0.15) is 13.5 Å². The molecule has 0 bridgehead atoms. The van der Waals surface area contributed by atoms with Crippen molar-refractivity contribution in [1.29, 1.82) is 0 Å². The number of hydrogen-bond donors (Lipinski definition) is 0. The van der Waals surface area contributed by atoms with E-state index in [1.165, 1.54) is 12.1 Å². The molecule has 0 saturated heterocycles. The van der Waals surface area contributed by atoms with Crippen LogP contribution in [0.3, 0.4) is 0 Å². The second kappa shape index (κ2) is 5.65. The lowest BCUT2D eigenvalue weighted by Gasteiger charge is -2.10. The summed E-state index contributed by atoms with van der Waals surface area (Å²) in [6.07, 6.45) is 0. The van der Waals surface area contributed by atoms with Crippen molar-refractivity contribution in [3.8, 4) is 11.1 Å². The van der Waals surface area contributed by atoms with Crippen molar-refractivity contribution < 1.29 is 17.6 Å². The zero-order valence-electron chi connectivity index (χ0n) is 10.3. The molecule has 2 aromatic carbocycles. The Morgan fingerprint density at radius 1 is 0.684 bits per heavy atom. The van der Waals surface area contributed by atoms with E-state index in [4.69, 9.17) is 0 Å². The van der Waals surface area contributed by atoms with Gasteiger partial charge in [0.05, 0.1) is 5.56 Å². The molecule has 0 aromatic heterocycles. The van der Waals surface area contributed by atoms with Crippen LogP contribution in [0.5, 0.6) is 0 Å². The monoisotopic (exact) mass is 288 g/mol. The van der Waals surface area contributed by atoms with Crippen molar-refractivity contribution >= 4 is 13.5 Å². The summed E-state index contributed by atoms with van der Waals surface area (Å²) in [7, 11) is 0. The lowest BCUT2D eigenvalue weighted by atomic mass is 10.0. The summed E-state index contributed by atoms with van der Waals surface area (Å²) in [6, 6.07) is 6.07. The SMILES string of the molecule is Cc1ccc(-c2c(F)c(F)c(C)c(F)c2F)cc1.S. The predicted octanol–water partition coefficient (Wildman–Crippen LogP) is 4.64. The van der Waals surface area contributed by atoms with Crippen molar-refractivity contribution in [2.45, 2.75) is 13.8 Å². The van der Waals surface area contributed by atoms with E-state index in [9.17, 15) is 17.6 Å². The van der Waals surface area contributed by atoms with Gasteiger partial charge in [0.25, 0.3) is 0 Å². The molecule has 0 nitrogen and oxygen atoms in total. The molecule has 0 heterocycles. The Morgan fingerprint density at radius 3 is 1.53 bits per heavy atom. The summed E-state index contributed by atoms with van der Waals surface area (Å²) in [5, 5.41) is 0. The Labute approximate surface area is 115 Å². The summed E-state index contributed by atoms with van der Waals surface area (Å²) in [6.45, 7) is 2.79.